The van der Waals surface area contributed by atoms with Gasteiger partial charge in [0.05, 0.1) is 12.3 Å². The highest BCUT2D eigenvalue weighted by atomic mass is 32.2. The molecule has 0 atom stereocenters. The number of rotatable bonds is 9. The molecule has 0 aliphatic rings. The third-order valence-corrected chi connectivity index (χ3v) is 5.61. The van der Waals surface area contributed by atoms with Gasteiger partial charge in [-0.25, -0.2) is 4.98 Å². The van der Waals surface area contributed by atoms with E-state index in [9.17, 15) is 4.79 Å². The van der Waals surface area contributed by atoms with Crippen LogP contribution in [0.25, 0.3) is 5.65 Å². The molecule has 4 aromatic rings. The second-order valence-electron chi connectivity index (χ2n) is 6.83. The van der Waals surface area contributed by atoms with E-state index in [1.54, 1.807) is 24.9 Å². The van der Waals surface area contributed by atoms with Crippen molar-refractivity contribution >= 4 is 29.0 Å². The van der Waals surface area contributed by atoms with E-state index in [0.29, 0.717) is 30.2 Å². The Labute approximate surface area is 185 Å². The van der Waals surface area contributed by atoms with Gasteiger partial charge >= 0.3 is 0 Å². The topological polar surface area (TPSA) is 64.9 Å². The van der Waals surface area contributed by atoms with Crippen LogP contribution in [0.5, 0.6) is 5.75 Å². The Hall–Kier alpha value is -3.29. The molecule has 0 spiro atoms. The Bertz CT molecular complexity index is 1130. The van der Waals surface area contributed by atoms with Gasteiger partial charge in [0.1, 0.15) is 18.0 Å². The quantitative estimate of drug-likeness (QED) is 0.300. The first-order chi connectivity index (χ1) is 15.2. The Kier molecular flexibility index (Phi) is 6.86. The van der Waals surface area contributed by atoms with Crippen molar-refractivity contribution in [1.29, 1.82) is 0 Å². The molecule has 0 aliphatic carbocycles. The van der Waals surface area contributed by atoms with Crippen LogP contribution in [0.3, 0.4) is 0 Å². The van der Waals surface area contributed by atoms with E-state index in [0.717, 1.165) is 22.0 Å². The number of anilines is 1. The minimum Gasteiger partial charge on any atom is -0.491 e. The van der Waals surface area contributed by atoms with Crippen LogP contribution >= 0.6 is 11.8 Å². The molecule has 0 radical (unpaired) electrons. The number of ether oxygens (including phenoxy) is 2. The molecule has 2 aromatic carbocycles. The Morgan fingerprint density at radius 3 is 2.74 bits per heavy atom. The number of methoxy groups -OCH3 is 1. The third kappa shape index (κ3) is 5.65. The number of amides is 1. The third-order valence-electron chi connectivity index (χ3n) is 4.57. The number of imidazole rings is 1. The van der Waals surface area contributed by atoms with E-state index in [-0.39, 0.29) is 5.91 Å². The van der Waals surface area contributed by atoms with E-state index in [1.165, 1.54) is 0 Å². The molecular formula is C24H23N3O3S. The van der Waals surface area contributed by atoms with Crippen molar-refractivity contribution in [2.45, 2.75) is 10.6 Å². The highest BCUT2D eigenvalue weighted by Crippen LogP contribution is 2.24. The smallest absolute Gasteiger partial charge is 0.255 e. The summed E-state index contributed by atoms with van der Waals surface area (Å²) >= 11 is 1.69. The van der Waals surface area contributed by atoms with Crippen LogP contribution < -0.4 is 10.1 Å². The number of carbonyl (C=O) groups excluding carboxylic acids is 1. The molecule has 6 nitrogen and oxygen atoms in total. The first-order valence-electron chi connectivity index (χ1n) is 9.90. The van der Waals surface area contributed by atoms with Crippen molar-refractivity contribution in [2.24, 2.45) is 0 Å². The maximum atomic E-state index is 12.6. The van der Waals surface area contributed by atoms with Gasteiger partial charge in [-0.3, -0.25) is 4.79 Å². The van der Waals surface area contributed by atoms with Gasteiger partial charge in [-0.2, -0.15) is 0 Å². The maximum Gasteiger partial charge on any atom is 0.255 e. The van der Waals surface area contributed by atoms with Crippen LogP contribution in [0, 0.1) is 0 Å². The second-order valence-corrected chi connectivity index (χ2v) is 7.88. The summed E-state index contributed by atoms with van der Waals surface area (Å²) in [6.07, 6.45) is 4.03. The molecule has 158 valence electrons. The summed E-state index contributed by atoms with van der Waals surface area (Å²) in [7, 11) is 1.63. The Balaban J connectivity index is 1.33. The van der Waals surface area contributed by atoms with Crippen molar-refractivity contribution in [3.05, 3.63) is 90.4 Å². The normalized spacial score (nSPS) is 10.9. The molecule has 0 fully saturated rings. The molecule has 0 bridgehead atoms. The van der Waals surface area contributed by atoms with Crippen molar-refractivity contribution in [1.82, 2.24) is 9.38 Å². The first kappa shape index (κ1) is 21.0. The summed E-state index contributed by atoms with van der Waals surface area (Å²) in [6, 6.07) is 20.9. The standard InChI is InChI=1S/C24H23N3O3S/c1-29-13-14-30-21-6-4-5-19(15-21)26-24(28)18-8-10-22(11-9-18)31-17-20-16-27-12-3-2-7-23(27)25-20/h2-12,15-16H,13-14,17H2,1H3,(H,26,28). The van der Waals surface area contributed by atoms with Gasteiger partial charge in [-0.1, -0.05) is 12.1 Å². The number of pyridine rings is 1. The van der Waals surface area contributed by atoms with E-state index in [1.807, 2.05) is 77.5 Å². The monoisotopic (exact) mass is 433 g/mol. The number of benzene rings is 2. The highest BCUT2D eigenvalue weighted by molar-refractivity contribution is 7.98. The largest absolute Gasteiger partial charge is 0.491 e. The summed E-state index contributed by atoms with van der Waals surface area (Å²) < 4.78 is 12.6. The Morgan fingerprint density at radius 1 is 1.06 bits per heavy atom. The number of hydrogen-bond acceptors (Lipinski definition) is 5. The van der Waals surface area contributed by atoms with Crippen LogP contribution in [0.15, 0.2) is 84.0 Å². The zero-order chi connectivity index (χ0) is 21.5. The van der Waals surface area contributed by atoms with Crippen LogP contribution in [0.1, 0.15) is 16.1 Å². The molecule has 0 aliphatic heterocycles. The van der Waals surface area contributed by atoms with E-state index >= 15 is 0 Å². The number of thioether (sulfide) groups is 1. The summed E-state index contributed by atoms with van der Waals surface area (Å²) in [5, 5.41) is 2.91. The Morgan fingerprint density at radius 2 is 1.94 bits per heavy atom. The predicted octanol–water partition coefficient (Wildman–Crippen LogP) is 4.90. The summed E-state index contributed by atoms with van der Waals surface area (Å²) in [6.45, 7) is 0.972. The molecule has 1 amide bonds. The van der Waals surface area contributed by atoms with Crippen LogP contribution in [0.4, 0.5) is 5.69 Å². The van der Waals surface area contributed by atoms with Crippen molar-refractivity contribution in [2.75, 3.05) is 25.6 Å². The molecule has 0 unspecified atom stereocenters. The fourth-order valence-corrected chi connectivity index (χ4v) is 3.81. The summed E-state index contributed by atoms with van der Waals surface area (Å²) in [5.74, 6) is 1.29. The molecule has 0 saturated heterocycles. The molecule has 1 N–H and O–H groups in total. The number of carbonyl (C=O) groups is 1. The zero-order valence-electron chi connectivity index (χ0n) is 17.2. The molecule has 2 aromatic heterocycles. The highest BCUT2D eigenvalue weighted by Gasteiger charge is 2.08. The van der Waals surface area contributed by atoms with Crippen LogP contribution in [-0.4, -0.2) is 35.6 Å². The molecule has 0 saturated carbocycles. The predicted molar refractivity (Wildman–Crippen MR) is 123 cm³/mol. The number of fused-ring (bicyclic) bond motifs is 1. The average Bonchev–Trinajstić information content (AvgIpc) is 3.22. The van der Waals surface area contributed by atoms with Crippen molar-refractivity contribution in [3.63, 3.8) is 0 Å². The lowest BCUT2D eigenvalue weighted by molar-refractivity contribution is 0.102. The minimum atomic E-state index is -0.161. The molecule has 31 heavy (non-hydrogen) atoms. The van der Waals surface area contributed by atoms with Crippen molar-refractivity contribution in [3.8, 4) is 5.75 Å². The van der Waals surface area contributed by atoms with Gasteiger partial charge in [0.2, 0.25) is 0 Å². The zero-order valence-corrected chi connectivity index (χ0v) is 18.0. The maximum absolute atomic E-state index is 12.6. The lowest BCUT2D eigenvalue weighted by Gasteiger charge is -2.09. The van der Waals surface area contributed by atoms with Gasteiger partial charge in [-0.05, 0) is 48.5 Å². The SMILES string of the molecule is COCCOc1cccc(NC(=O)c2ccc(SCc3cn4ccccc4n3)cc2)c1. The number of nitrogens with zero attached hydrogens (tertiary/aromatic N) is 2. The molecular weight excluding hydrogens is 410 g/mol. The van der Waals surface area contributed by atoms with Gasteiger partial charge < -0.3 is 19.2 Å². The van der Waals surface area contributed by atoms with E-state index in [2.05, 4.69) is 10.3 Å². The van der Waals surface area contributed by atoms with Gasteiger partial charge in [0.15, 0.2) is 0 Å². The lowest BCUT2D eigenvalue weighted by atomic mass is 10.2. The van der Waals surface area contributed by atoms with E-state index in [4.69, 9.17) is 9.47 Å². The number of nitrogens with one attached hydrogen (secondary N) is 1. The molecule has 4 rings (SSSR count). The minimum absolute atomic E-state index is 0.161. The van der Waals surface area contributed by atoms with Gasteiger partial charge in [0, 0.05) is 47.5 Å². The molecule has 7 heteroatoms. The van der Waals surface area contributed by atoms with E-state index < -0.39 is 0 Å². The average molecular weight is 434 g/mol. The van der Waals surface area contributed by atoms with Crippen molar-refractivity contribution < 1.29 is 14.3 Å². The fraction of sp³-hybridized carbons (Fsp3) is 0.167. The molecule has 2 heterocycles. The van der Waals surface area contributed by atoms with Crippen LogP contribution in [-0.2, 0) is 10.5 Å². The number of aromatic nitrogens is 2. The fourth-order valence-electron chi connectivity index (χ4n) is 3.03. The lowest BCUT2D eigenvalue weighted by Crippen LogP contribution is -2.12. The van der Waals surface area contributed by atoms with Gasteiger partial charge in [0.25, 0.3) is 5.91 Å². The number of hydrogen-bond donors (Lipinski definition) is 1. The van der Waals surface area contributed by atoms with Crippen LogP contribution in [0.2, 0.25) is 0 Å². The van der Waals surface area contributed by atoms with Gasteiger partial charge in [-0.15, -0.1) is 11.8 Å². The second kappa shape index (κ2) is 10.1. The summed E-state index contributed by atoms with van der Waals surface area (Å²) in [4.78, 5) is 18.3. The first-order valence-corrected chi connectivity index (χ1v) is 10.9. The summed E-state index contributed by atoms with van der Waals surface area (Å²) in [5.41, 5.74) is 3.25.